The molecule has 154 valence electrons. The molecular formula is C19H15ClFN5O4. The van der Waals surface area contributed by atoms with E-state index in [1.54, 1.807) is 26.0 Å². The Morgan fingerprint density at radius 1 is 1.20 bits per heavy atom. The summed E-state index contributed by atoms with van der Waals surface area (Å²) in [5.41, 5.74) is 5.07. The van der Waals surface area contributed by atoms with Crippen molar-refractivity contribution < 1.29 is 18.8 Å². The van der Waals surface area contributed by atoms with Crippen LogP contribution in [0.15, 0.2) is 42.7 Å². The minimum Gasteiger partial charge on any atom is -0.434 e. The third-order valence-corrected chi connectivity index (χ3v) is 4.60. The van der Waals surface area contributed by atoms with Crippen molar-refractivity contribution >= 4 is 29.0 Å². The summed E-state index contributed by atoms with van der Waals surface area (Å²) in [4.78, 5) is 30.6. The molecule has 0 aliphatic heterocycles. The van der Waals surface area contributed by atoms with E-state index in [1.807, 2.05) is 0 Å². The first kappa shape index (κ1) is 20.9. The number of halogens is 2. The molecule has 1 heterocycles. The van der Waals surface area contributed by atoms with Crippen molar-refractivity contribution in [1.29, 1.82) is 0 Å². The summed E-state index contributed by atoms with van der Waals surface area (Å²) in [6, 6.07) is 8.50. The molecule has 3 aromatic rings. The van der Waals surface area contributed by atoms with E-state index in [4.69, 9.17) is 16.3 Å². The molecular weight excluding hydrogens is 417 g/mol. The number of amides is 1. The maximum Gasteiger partial charge on any atom is 0.374 e. The summed E-state index contributed by atoms with van der Waals surface area (Å²) in [5, 5.41) is 12.2. The fourth-order valence-electron chi connectivity index (χ4n) is 2.60. The van der Waals surface area contributed by atoms with Crippen LogP contribution in [0.2, 0.25) is 5.02 Å². The lowest BCUT2D eigenvalue weighted by molar-refractivity contribution is -0.385. The average Bonchev–Trinajstić information content (AvgIpc) is 2.70. The molecule has 2 N–H and O–H groups in total. The number of anilines is 1. The molecule has 2 aromatic carbocycles. The van der Waals surface area contributed by atoms with Crippen LogP contribution < -0.4 is 15.6 Å². The highest BCUT2D eigenvalue weighted by molar-refractivity contribution is 6.32. The van der Waals surface area contributed by atoms with Gasteiger partial charge in [0.25, 0.3) is 5.91 Å². The van der Waals surface area contributed by atoms with Gasteiger partial charge in [0, 0.05) is 5.02 Å². The first-order valence-corrected chi connectivity index (χ1v) is 8.90. The lowest BCUT2D eigenvalue weighted by Gasteiger charge is -2.12. The van der Waals surface area contributed by atoms with Gasteiger partial charge in [-0.2, -0.15) is 4.98 Å². The number of aryl methyl sites for hydroxylation is 2. The van der Waals surface area contributed by atoms with Gasteiger partial charge in [-0.15, -0.1) is 0 Å². The van der Waals surface area contributed by atoms with Crippen LogP contribution in [-0.2, 0) is 0 Å². The second kappa shape index (κ2) is 8.70. The third-order valence-electron chi connectivity index (χ3n) is 4.01. The molecule has 1 aromatic heterocycles. The van der Waals surface area contributed by atoms with Gasteiger partial charge in [0.05, 0.1) is 10.5 Å². The number of hydrogen-bond donors (Lipinski definition) is 2. The van der Waals surface area contributed by atoms with E-state index in [2.05, 4.69) is 20.8 Å². The van der Waals surface area contributed by atoms with E-state index >= 15 is 0 Å². The Labute approximate surface area is 175 Å². The fourth-order valence-corrected chi connectivity index (χ4v) is 2.71. The normalized spacial score (nSPS) is 10.4. The van der Waals surface area contributed by atoms with Crippen LogP contribution >= 0.6 is 11.6 Å². The first-order chi connectivity index (χ1) is 14.3. The Balaban J connectivity index is 1.87. The largest absolute Gasteiger partial charge is 0.434 e. The van der Waals surface area contributed by atoms with E-state index in [0.717, 1.165) is 23.5 Å². The maximum atomic E-state index is 13.7. The Bertz CT molecular complexity index is 1120. The average molecular weight is 432 g/mol. The van der Waals surface area contributed by atoms with E-state index in [0.29, 0.717) is 5.02 Å². The van der Waals surface area contributed by atoms with Crippen LogP contribution in [0.4, 0.5) is 15.9 Å². The number of hydrogen-bond acceptors (Lipinski definition) is 7. The number of nitrogens with zero attached hydrogens (tertiary/aromatic N) is 3. The van der Waals surface area contributed by atoms with Crippen LogP contribution in [0.25, 0.3) is 0 Å². The molecule has 9 nitrogen and oxygen atoms in total. The molecule has 11 heteroatoms. The lowest BCUT2D eigenvalue weighted by Crippen LogP contribution is -2.31. The summed E-state index contributed by atoms with van der Waals surface area (Å²) in [5.74, 6) is -1.98. The molecule has 0 unspecified atom stereocenters. The van der Waals surface area contributed by atoms with Crippen molar-refractivity contribution in [2.45, 2.75) is 13.8 Å². The number of nitro groups is 1. The second-order valence-electron chi connectivity index (χ2n) is 6.17. The van der Waals surface area contributed by atoms with Crippen LogP contribution in [0.1, 0.15) is 21.5 Å². The van der Waals surface area contributed by atoms with Crippen molar-refractivity contribution in [3.63, 3.8) is 0 Å². The molecule has 0 saturated heterocycles. The zero-order valence-corrected chi connectivity index (χ0v) is 16.5. The molecule has 0 bridgehead atoms. The van der Waals surface area contributed by atoms with Crippen LogP contribution in [0.5, 0.6) is 11.6 Å². The highest BCUT2D eigenvalue weighted by atomic mass is 35.5. The minimum absolute atomic E-state index is 0.245. The number of rotatable bonds is 6. The molecule has 0 fully saturated rings. The van der Waals surface area contributed by atoms with E-state index < -0.39 is 22.3 Å². The molecule has 0 radical (unpaired) electrons. The lowest BCUT2D eigenvalue weighted by atomic mass is 10.1. The van der Waals surface area contributed by atoms with Crippen molar-refractivity contribution in [2.24, 2.45) is 0 Å². The maximum absolute atomic E-state index is 13.7. The topological polar surface area (TPSA) is 119 Å². The minimum atomic E-state index is -0.840. The predicted octanol–water partition coefficient (Wildman–Crippen LogP) is 4.34. The summed E-state index contributed by atoms with van der Waals surface area (Å²) in [6.45, 7) is 3.53. The quantitative estimate of drug-likeness (QED) is 0.440. The van der Waals surface area contributed by atoms with E-state index in [1.165, 1.54) is 18.2 Å². The monoisotopic (exact) mass is 431 g/mol. The molecule has 0 atom stereocenters. The van der Waals surface area contributed by atoms with Gasteiger partial charge in [0.1, 0.15) is 17.9 Å². The van der Waals surface area contributed by atoms with Gasteiger partial charge in [-0.3, -0.25) is 25.8 Å². The van der Waals surface area contributed by atoms with Crippen LogP contribution in [0.3, 0.4) is 0 Å². The number of nitrogens with one attached hydrogen (secondary N) is 2. The Morgan fingerprint density at radius 3 is 2.50 bits per heavy atom. The number of ether oxygens (including phenoxy) is 1. The molecule has 0 aliphatic carbocycles. The second-order valence-corrected chi connectivity index (χ2v) is 6.54. The van der Waals surface area contributed by atoms with Crippen LogP contribution in [-0.4, -0.2) is 20.8 Å². The van der Waals surface area contributed by atoms with Crippen molar-refractivity contribution in [3.8, 4) is 11.6 Å². The highest BCUT2D eigenvalue weighted by Crippen LogP contribution is 2.35. The molecule has 1 amide bonds. The third kappa shape index (κ3) is 4.44. The summed E-state index contributed by atoms with van der Waals surface area (Å²) < 4.78 is 19.3. The van der Waals surface area contributed by atoms with E-state index in [-0.39, 0.29) is 23.0 Å². The van der Waals surface area contributed by atoms with Gasteiger partial charge in [0.15, 0.2) is 0 Å². The first-order valence-electron chi connectivity index (χ1n) is 8.52. The SMILES string of the molecule is Cc1cc(Oc2ncnc(NNC(=O)c3ccccc3F)c2[N+](=O)[O-])cc(C)c1Cl. The number of aromatic nitrogens is 2. The molecule has 3 rings (SSSR count). The number of carbonyl (C=O) groups is 1. The van der Waals surface area contributed by atoms with Gasteiger partial charge in [-0.05, 0) is 49.2 Å². The van der Waals surface area contributed by atoms with Gasteiger partial charge >= 0.3 is 11.6 Å². The Hall–Kier alpha value is -3.79. The zero-order valence-electron chi connectivity index (χ0n) is 15.8. The summed E-state index contributed by atoms with van der Waals surface area (Å²) >= 11 is 6.13. The van der Waals surface area contributed by atoms with E-state index in [9.17, 15) is 19.3 Å². The van der Waals surface area contributed by atoms with Gasteiger partial charge < -0.3 is 4.74 Å². The van der Waals surface area contributed by atoms with Gasteiger partial charge in [0.2, 0.25) is 5.82 Å². The molecule has 0 spiro atoms. The van der Waals surface area contributed by atoms with Gasteiger partial charge in [-0.1, -0.05) is 23.7 Å². The van der Waals surface area contributed by atoms with Crippen molar-refractivity contribution in [1.82, 2.24) is 15.4 Å². The smallest absolute Gasteiger partial charge is 0.374 e. The number of carbonyl (C=O) groups excluding carboxylic acids is 1. The standard InChI is InChI=1S/C19H15ClFN5O4/c1-10-7-12(8-11(2)15(10)20)30-19-16(26(28)29)17(22-9-23-19)24-25-18(27)13-5-3-4-6-14(13)21/h3-9H,1-2H3,(H,25,27)(H,22,23,24). The summed E-state index contributed by atoms with van der Waals surface area (Å²) in [7, 11) is 0. The molecule has 0 saturated carbocycles. The van der Waals surface area contributed by atoms with Crippen LogP contribution in [0, 0.1) is 29.8 Å². The number of benzene rings is 2. The zero-order chi connectivity index (χ0) is 21.8. The van der Waals surface area contributed by atoms with Gasteiger partial charge in [-0.25, -0.2) is 9.37 Å². The van der Waals surface area contributed by atoms with Crippen molar-refractivity contribution in [3.05, 3.63) is 80.4 Å². The Morgan fingerprint density at radius 2 is 1.87 bits per heavy atom. The van der Waals surface area contributed by atoms with Crippen molar-refractivity contribution in [2.75, 3.05) is 5.43 Å². The molecule has 30 heavy (non-hydrogen) atoms. The summed E-state index contributed by atoms with van der Waals surface area (Å²) in [6.07, 6.45) is 1.02. The number of hydrazine groups is 1. The Kier molecular flexibility index (Phi) is 6.07. The molecule has 0 aliphatic rings. The highest BCUT2D eigenvalue weighted by Gasteiger charge is 2.26. The predicted molar refractivity (Wildman–Crippen MR) is 107 cm³/mol. The fraction of sp³-hybridized carbons (Fsp3) is 0.105.